The normalized spacial score (nSPS) is 12.2. The van der Waals surface area contributed by atoms with Crippen LogP contribution in [0.2, 0.25) is 0 Å². The van der Waals surface area contributed by atoms with Gasteiger partial charge in [0.1, 0.15) is 24.0 Å². The molecule has 6 nitrogen and oxygen atoms in total. The highest BCUT2D eigenvalue weighted by atomic mass is 16.5. The molecule has 154 valence electrons. The minimum Gasteiger partial charge on any atom is -0.493 e. The summed E-state index contributed by atoms with van der Waals surface area (Å²) in [6.45, 7) is 0.0667. The highest BCUT2D eigenvalue weighted by Crippen LogP contribution is 2.44. The van der Waals surface area contributed by atoms with Crippen molar-refractivity contribution in [3.8, 4) is 28.7 Å². The molecule has 0 atom stereocenters. The predicted molar refractivity (Wildman–Crippen MR) is 111 cm³/mol. The maximum atomic E-state index is 13.2. The molecule has 0 bridgehead atoms. The van der Waals surface area contributed by atoms with Crippen LogP contribution in [-0.2, 0) is 16.1 Å². The molecule has 1 aliphatic rings. The Balaban J connectivity index is 1.61. The summed E-state index contributed by atoms with van der Waals surface area (Å²) in [7, 11) is 4.63. The van der Waals surface area contributed by atoms with Crippen molar-refractivity contribution in [3.63, 3.8) is 0 Å². The Morgan fingerprint density at radius 3 is 1.87 bits per heavy atom. The first-order valence-corrected chi connectivity index (χ1v) is 9.47. The van der Waals surface area contributed by atoms with Crippen molar-refractivity contribution < 1.29 is 28.5 Å². The number of rotatable bonds is 6. The largest absolute Gasteiger partial charge is 0.493 e. The highest BCUT2D eigenvalue weighted by Gasteiger charge is 2.33. The number of methoxy groups -OCH3 is 3. The van der Waals surface area contributed by atoms with Crippen LogP contribution in [0.25, 0.3) is 0 Å². The molecule has 3 aromatic carbocycles. The molecule has 0 saturated heterocycles. The first kappa shape index (κ1) is 19.6. The van der Waals surface area contributed by atoms with Crippen molar-refractivity contribution >= 4 is 5.97 Å². The monoisotopic (exact) mass is 406 g/mol. The van der Waals surface area contributed by atoms with E-state index in [1.165, 1.54) is 0 Å². The summed E-state index contributed by atoms with van der Waals surface area (Å²) in [6, 6.07) is 18.5. The molecule has 0 aliphatic carbocycles. The maximum Gasteiger partial charge on any atom is 0.318 e. The van der Waals surface area contributed by atoms with Crippen LogP contribution < -0.4 is 18.9 Å². The molecule has 0 aromatic heterocycles. The van der Waals surface area contributed by atoms with Gasteiger partial charge in [-0.05, 0) is 29.8 Å². The Morgan fingerprint density at radius 1 is 0.833 bits per heavy atom. The van der Waals surface area contributed by atoms with E-state index in [1.807, 2.05) is 48.5 Å². The van der Waals surface area contributed by atoms with Crippen LogP contribution in [0.4, 0.5) is 0 Å². The van der Waals surface area contributed by atoms with Crippen molar-refractivity contribution in [2.45, 2.75) is 12.5 Å². The van der Waals surface area contributed by atoms with E-state index < -0.39 is 5.92 Å². The second-order valence-corrected chi connectivity index (χ2v) is 6.75. The Morgan fingerprint density at radius 2 is 1.37 bits per heavy atom. The van der Waals surface area contributed by atoms with Crippen LogP contribution in [0.1, 0.15) is 22.6 Å². The quantitative estimate of drug-likeness (QED) is 0.553. The van der Waals surface area contributed by atoms with E-state index in [1.54, 1.807) is 33.5 Å². The maximum absolute atomic E-state index is 13.2. The summed E-state index contributed by atoms with van der Waals surface area (Å²) in [5.74, 6) is 1.90. The summed E-state index contributed by atoms with van der Waals surface area (Å²) in [6.07, 6.45) is 0. The van der Waals surface area contributed by atoms with E-state index in [4.69, 9.17) is 23.7 Å². The van der Waals surface area contributed by atoms with E-state index in [0.29, 0.717) is 28.7 Å². The number of fused-ring (bicyclic) bond motifs is 2. The zero-order valence-corrected chi connectivity index (χ0v) is 17.0. The predicted octanol–water partition coefficient (Wildman–Crippen LogP) is 4.69. The van der Waals surface area contributed by atoms with Gasteiger partial charge in [-0.25, -0.2) is 0 Å². The Labute approximate surface area is 174 Å². The van der Waals surface area contributed by atoms with Crippen molar-refractivity contribution in [2.75, 3.05) is 21.3 Å². The molecular formula is C24H22O6. The second-order valence-electron chi connectivity index (χ2n) is 6.75. The molecule has 0 saturated carbocycles. The molecular weight excluding hydrogens is 384 g/mol. The zero-order valence-electron chi connectivity index (χ0n) is 17.0. The zero-order chi connectivity index (χ0) is 21.1. The van der Waals surface area contributed by atoms with E-state index in [2.05, 4.69) is 0 Å². The molecule has 1 heterocycles. The highest BCUT2D eigenvalue weighted by molar-refractivity contribution is 5.85. The minimum atomic E-state index is -0.562. The average molecular weight is 406 g/mol. The summed E-state index contributed by atoms with van der Waals surface area (Å²) in [5.41, 5.74) is 2.30. The number of benzene rings is 3. The summed E-state index contributed by atoms with van der Waals surface area (Å²) >= 11 is 0. The molecule has 30 heavy (non-hydrogen) atoms. The van der Waals surface area contributed by atoms with Crippen LogP contribution in [0.3, 0.4) is 0 Å². The van der Waals surface area contributed by atoms with Gasteiger partial charge in [-0.2, -0.15) is 0 Å². The number of hydrogen-bond donors (Lipinski definition) is 0. The van der Waals surface area contributed by atoms with Gasteiger partial charge in [-0.1, -0.05) is 36.4 Å². The van der Waals surface area contributed by atoms with Gasteiger partial charge in [0.15, 0.2) is 11.5 Å². The summed E-state index contributed by atoms with van der Waals surface area (Å²) in [4.78, 5) is 13.2. The van der Waals surface area contributed by atoms with Crippen LogP contribution in [0.15, 0.2) is 60.7 Å². The van der Waals surface area contributed by atoms with Crippen molar-refractivity contribution in [3.05, 3.63) is 77.4 Å². The number of para-hydroxylation sites is 2. The fourth-order valence-corrected chi connectivity index (χ4v) is 3.62. The van der Waals surface area contributed by atoms with E-state index in [9.17, 15) is 4.79 Å². The Hall–Kier alpha value is -3.67. The molecule has 0 fully saturated rings. The molecule has 0 radical (unpaired) electrons. The minimum absolute atomic E-state index is 0.0667. The lowest BCUT2D eigenvalue weighted by Gasteiger charge is -2.26. The Kier molecular flexibility index (Phi) is 5.48. The van der Waals surface area contributed by atoms with Gasteiger partial charge in [-0.15, -0.1) is 0 Å². The summed E-state index contributed by atoms with van der Waals surface area (Å²) in [5, 5.41) is 0. The molecule has 0 unspecified atom stereocenters. The van der Waals surface area contributed by atoms with Gasteiger partial charge in [0.05, 0.1) is 21.3 Å². The third-order valence-electron chi connectivity index (χ3n) is 5.02. The SMILES string of the molecule is COc1cc(COC(=O)C2c3ccccc3Oc3ccccc32)cc(OC)c1OC. The van der Waals surface area contributed by atoms with Crippen molar-refractivity contribution in [1.82, 2.24) is 0 Å². The van der Waals surface area contributed by atoms with Gasteiger partial charge < -0.3 is 23.7 Å². The van der Waals surface area contributed by atoms with Crippen LogP contribution in [0, 0.1) is 0 Å². The van der Waals surface area contributed by atoms with Gasteiger partial charge in [0.2, 0.25) is 5.75 Å². The lowest BCUT2D eigenvalue weighted by atomic mass is 9.88. The molecule has 0 spiro atoms. The van der Waals surface area contributed by atoms with Gasteiger partial charge in [0, 0.05) is 11.1 Å². The molecule has 6 heteroatoms. The summed E-state index contributed by atoms with van der Waals surface area (Å²) < 4.78 is 27.7. The van der Waals surface area contributed by atoms with Crippen LogP contribution in [-0.4, -0.2) is 27.3 Å². The van der Waals surface area contributed by atoms with E-state index in [0.717, 1.165) is 16.7 Å². The van der Waals surface area contributed by atoms with Crippen LogP contribution in [0.5, 0.6) is 28.7 Å². The first-order chi connectivity index (χ1) is 14.7. The van der Waals surface area contributed by atoms with E-state index >= 15 is 0 Å². The van der Waals surface area contributed by atoms with Crippen LogP contribution >= 0.6 is 0 Å². The fraction of sp³-hybridized carbons (Fsp3) is 0.208. The standard InChI is InChI=1S/C24H22O6/c1-26-20-12-15(13-21(27-2)23(20)28-3)14-29-24(25)22-16-8-4-6-10-18(16)30-19-11-7-5-9-17(19)22/h4-13,22H,14H2,1-3H3. The van der Waals surface area contributed by atoms with Gasteiger partial charge >= 0.3 is 5.97 Å². The van der Waals surface area contributed by atoms with Gasteiger partial charge in [0.25, 0.3) is 0 Å². The molecule has 3 aromatic rings. The third-order valence-corrected chi connectivity index (χ3v) is 5.02. The Bertz CT molecular complexity index is 1000. The van der Waals surface area contributed by atoms with E-state index in [-0.39, 0.29) is 12.6 Å². The third kappa shape index (κ3) is 3.52. The number of ether oxygens (including phenoxy) is 5. The van der Waals surface area contributed by atoms with Gasteiger partial charge in [-0.3, -0.25) is 4.79 Å². The number of carbonyl (C=O) groups excluding carboxylic acids is 1. The molecule has 4 rings (SSSR count). The van der Waals surface area contributed by atoms with Crippen molar-refractivity contribution in [2.24, 2.45) is 0 Å². The number of hydrogen-bond acceptors (Lipinski definition) is 6. The number of esters is 1. The lowest BCUT2D eigenvalue weighted by Crippen LogP contribution is -2.21. The first-order valence-electron chi connectivity index (χ1n) is 9.47. The molecule has 0 amide bonds. The second kappa shape index (κ2) is 8.37. The number of carbonyl (C=O) groups is 1. The smallest absolute Gasteiger partial charge is 0.318 e. The molecule has 0 N–H and O–H groups in total. The average Bonchev–Trinajstić information content (AvgIpc) is 2.80. The lowest BCUT2D eigenvalue weighted by molar-refractivity contribution is -0.145. The van der Waals surface area contributed by atoms with Crippen molar-refractivity contribution in [1.29, 1.82) is 0 Å². The topological polar surface area (TPSA) is 63.2 Å². The fourth-order valence-electron chi connectivity index (χ4n) is 3.62. The molecule has 1 aliphatic heterocycles.